The van der Waals surface area contributed by atoms with Gasteiger partial charge in [0.15, 0.2) is 11.6 Å². The first-order valence-electron chi connectivity index (χ1n) is 8.27. The van der Waals surface area contributed by atoms with Crippen LogP contribution in [0.5, 0.6) is 5.75 Å². The number of aryl methyl sites for hydroxylation is 1. The van der Waals surface area contributed by atoms with Crippen molar-refractivity contribution in [3.63, 3.8) is 0 Å². The van der Waals surface area contributed by atoms with Gasteiger partial charge in [0.1, 0.15) is 6.61 Å². The number of carbonyl (C=O) groups is 2. The molecule has 0 atom stereocenters. The van der Waals surface area contributed by atoms with Crippen molar-refractivity contribution in [2.45, 2.75) is 13.5 Å². The van der Waals surface area contributed by atoms with Crippen LogP contribution >= 0.6 is 0 Å². The highest BCUT2D eigenvalue weighted by Gasteiger charge is 2.38. The summed E-state index contributed by atoms with van der Waals surface area (Å²) in [5, 5.41) is 0. The van der Waals surface area contributed by atoms with Gasteiger partial charge >= 0.3 is 0 Å². The Bertz CT molecular complexity index is 964. The second kappa shape index (κ2) is 6.44. The lowest BCUT2D eigenvalue weighted by molar-refractivity contribution is 0.0923. The number of rotatable bonds is 4. The second-order valence-electron chi connectivity index (χ2n) is 6.05. The van der Waals surface area contributed by atoms with Crippen molar-refractivity contribution in [2.24, 2.45) is 0 Å². The number of fused-ring (bicyclic) bond motifs is 1. The largest absolute Gasteiger partial charge is 0.485 e. The fraction of sp³-hybridized carbons (Fsp3) is 0.0952. The number of hydrogen-bond acceptors (Lipinski definition) is 4. The van der Waals surface area contributed by atoms with Crippen LogP contribution < -0.4 is 9.64 Å². The standard InChI is InChI=1S/C21H16N2O3/c1-14-11-12-22-19(18(14)26-13-15-7-3-2-4-8-15)23-20(24)16-9-5-6-10-17(16)21(23)25/h2-12H,13H2,1H3. The molecule has 128 valence electrons. The lowest BCUT2D eigenvalue weighted by atomic mass is 10.1. The van der Waals surface area contributed by atoms with E-state index in [-0.39, 0.29) is 17.6 Å². The minimum absolute atomic E-state index is 0.229. The van der Waals surface area contributed by atoms with Crippen LogP contribution in [0.4, 0.5) is 5.82 Å². The Kier molecular flexibility index (Phi) is 3.97. The van der Waals surface area contributed by atoms with E-state index >= 15 is 0 Å². The molecule has 3 aromatic rings. The van der Waals surface area contributed by atoms with Gasteiger partial charge in [0.2, 0.25) is 0 Å². The van der Waals surface area contributed by atoms with Crippen molar-refractivity contribution in [1.29, 1.82) is 0 Å². The molecule has 1 aliphatic heterocycles. The summed E-state index contributed by atoms with van der Waals surface area (Å²) in [6.45, 7) is 2.19. The zero-order valence-corrected chi connectivity index (χ0v) is 14.2. The first kappa shape index (κ1) is 16.0. The van der Waals surface area contributed by atoms with Gasteiger partial charge in [-0.05, 0) is 36.2 Å². The van der Waals surface area contributed by atoms with E-state index in [2.05, 4.69) is 4.98 Å². The van der Waals surface area contributed by atoms with E-state index in [1.807, 2.05) is 37.3 Å². The Hall–Kier alpha value is -3.47. The first-order valence-corrected chi connectivity index (χ1v) is 8.27. The monoisotopic (exact) mass is 344 g/mol. The molecule has 2 amide bonds. The zero-order chi connectivity index (χ0) is 18.1. The molecule has 2 heterocycles. The molecule has 0 spiro atoms. The molecule has 5 heteroatoms. The summed E-state index contributed by atoms with van der Waals surface area (Å²) in [4.78, 5) is 30.9. The molecule has 0 bridgehead atoms. The van der Waals surface area contributed by atoms with Gasteiger partial charge in [0.05, 0.1) is 11.1 Å². The fourth-order valence-corrected chi connectivity index (χ4v) is 2.98. The summed E-state index contributed by atoms with van der Waals surface area (Å²) >= 11 is 0. The maximum absolute atomic E-state index is 12.8. The number of benzene rings is 2. The molecule has 0 aliphatic carbocycles. The molecule has 1 aliphatic rings. The van der Waals surface area contributed by atoms with Gasteiger partial charge in [-0.1, -0.05) is 42.5 Å². The summed E-state index contributed by atoms with van der Waals surface area (Å²) in [7, 11) is 0. The number of amides is 2. The summed E-state index contributed by atoms with van der Waals surface area (Å²) in [6.07, 6.45) is 1.57. The number of aromatic nitrogens is 1. The predicted octanol–water partition coefficient (Wildman–Crippen LogP) is 3.77. The first-order chi connectivity index (χ1) is 12.7. The molecule has 26 heavy (non-hydrogen) atoms. The van der Waals surface area contributed by atoms with Crippen molar-refractivity contribution in [1.82, 2.24) is 4.98 Å². The number of pyridine rings is 1. The molecule has 0 fully saturated rings. The molecule has 2 aromatic carbocycles. The van der Waals surface area contributed by atoms with E-state index < -0.39 is 0 Å². The minimum atomic E-state index is -0.381. The SMILES string of the molecule is Cc1ccnc(N2C(=O)c3ccccc3C2=O)c1OCc1ccccc1. The fourth-order valence-electron chi connectivity index (χ4n) is 2.98. The second-order valence-corrected chi connectivity index (χ2v) is 6.05. The van der Waals surface area contributed by atoms with Crippen LogP contribution in [0.1, 0.15) is 31.8 Å². The van der Waals surface area contributed by atoms with Crippen LogP contribution in [0.25, 0.3) is 0 Å². The quantitative estimate of drug-likeness (QED) is 0.676. The molecule has 4 rings (SSSR count). The maximum Gasteiger partial charge on any atom is 0.267 e. The van der Waals surface area contributed by atoms with Crippen molar-refractivity contribution < 1.29 is 14.3 Å². The molecule has 0 unspecified atom stereocenters. The Balaban J connectivity index is 1.71. The number of carbonyl (C=O) groups excluding carboxylic acids is 2. The zero-order valence-electron chi connectivity index (χ0n) is 14.2. The molecule has 0 saturated carbocycles. The van der Waals surface area contributed by atoms with Gasteiger partial charge in [0.25, 0.3) is 11.8 Å². The topological polar surface area (TPSA) is 59.5 Å². The highest BCUT2D eigenvalue weighted by atomic mass is 16.5. The van der Waals surface area contributed by atoms with Gasteiger partial charge in [-0.25, -0.2) is 9.88 Å². The summed E-state index contributed by atoms with van der Waals surface area (Å²) in [5.74, 6) is -0.0977. The average molecular weight is 344 g/mol. The number of hydrogen-bond donors (Lipinski definition) is 0. The summed E-state index contributed by atoms with van der Waals surface area (Å²) < 4.78 is 5.95. The third kappa shape index (κ3) is 2.63. The summed E-state index contributed by atoms with van der Waals surface area (Å²) in [5.41, 5.74) is 2.57. The number of imide groups is 1. The maximum atomic E-state index is 12.8. The van der Waals surface area contributed by atoms with Crippen LogP contribution in [0.3, 0.4) is 0 Å². The minimum Gasteiger partial charge on any atom is -0.485 e. The van der Waals surface area contributed by atoms with Gasteiger partial charge in [0, 0.05) is 6.20 Å². The smallest absolute Gasteiger partial charge is 0.267 e. The van der Waals surface area contributed by atoms with Crippen molar-refractivity contribution in [2.75, 3.05) is 4.90 Å². The van der Waals surface area contributed by atoms with Crippen LogP contribution in [0, 0.1) is 6.92 Å². The van der Waals surface area contributed by atoms with Crippen LogP contribution in [0.2, 0.25) is 0 Å². The number of ether oxygens (including phenoxy) is 1. The molecular weight excluding hydrogens is 328 g/mol. The third-order valence-electron chi connectivity index (χ3n) is 4.31. The van der Waals surface area contributed by atoms with E-state index in [9.17, 15) is 9.59 Å². The van der Waals surface area contributed by atoms with Gasteiger partial charge in [-0.15, -0.1) is 0 Å². The number of nitrogens with zero attached hydrogens (tertiary/aromatic N) is 2. The molecule has 5 nitrogen and oxygen atoms in total. The van der Waals surface area contributed by atoms with Crippen molar-refractivity contribution in [3.05, 3.63) is 89.1 Å². The van der Waals surface area contributed by atoms with Crippen LogP contribution in [-0.4, -0.2) is 16.8 Å². The van der Waals surface area contributed by atoms with Gasteiger partial charge in [-0.2, -0.15) is 0 Å². The highest BCUT2D eigenvalue weighted by molar-refractivity contribution is 6.34. The summed E-state index contributed by atoms with van der Waals surface area (Å²) in [6, 6.07) is 18.3. The predicted molar refractivity (Wildman–Crippen MR) is 97.3 cm³/mol. The Morgan fingerprint density at radius 3 is 2.15 bits per heavy atom. The van der Waals surface area contributed by atoms with Crippen LogP contribution in [-0.2, 0) is 6.61 Å². The third-order valence-corrected chi connectivity index (χ3v) is 4.31. The molecular formula is C21H16N2O3. The van der Waals surface area contributed by atoms with Gasteiger partial charge < -0.3 is 4.74 Å². The highest BCUT2D eigenvalue weighted by Crippen LogP contribution is 2.35. The Morgan fingerprint density at radius 1 is 0.885 bits per heavy atom. The molecule has 0 saturated heterocycles. The van der Waals surface area contributed by atoms with E-state index in [1.165, 1.54) is 0 Å². The van der Waals surface area contributed by atoms with E-state index in [0.29, 0.717) is 23.5 Å². The molecule has 0 radical (unpaired) electrons. The Labute approximate surface area is 150 Å². The van der Waals surface area contributed by atoms with Crippen LogP contribution in [0.15, 0.2) is 66.9 Å². The molecule has 1 aromatic heterocycles. The lowest BCUT2D eigenvalue weighted by Gasteiger charge is -2.18. The lowest BCUT2D eigenvalue weighted by Crippen LogP contribution is -2.30. The van der Waals surface area contributed by atoms with Crippen molar-refractivity contribution >= 4 is 17.6 Å². The van der Waals surface area contributed by atoms with Gasteiger partial charge in [-0.3, -0.25) is 9.59 Å². The van der Waals surface area contributed by atoms with E-state index in [4.69, 9.17) is 4.74 Å². The van der Waals surface area contributed by atoms with E-state index in [0.717, 1.165) is 16.0 Å². The number of anilines is 1. The normalized spacial score (nSPS) is 13.0. The average Bonchev–Trinajstić information content (AvgIpc) is 2.92. The molecule has 0 N–H and O–H groups in total. The van der Waals surface area contributed by atoms with Crippen molar-refractivity contribution in [3.8, 4) is 5.75 Å². The van der Waals surface area contributed by atoms with E-state index in [1.54, 1.807) is 36.5 Å². The Morgan fingerprint density at radius 2 is 1.50 bits per heavy atom.